The van der Waals surface area contributed by atoms with E-state index in [2.05, 4.69) is 53.0 Å². The normalized spacial score (nSPS) is 11.5. The summed E-state index contributed by atoms with van der Waals surface area (Å²) in [6, 6.07) is 8.64. The van der Waals surface area contributed by atoms with Gasteiger partial charge in [-0.15, -0.1) is 5.10 Å². The molecule has 2 aromatic rings. The number of rotatable bonds is 3. The van der Waals surface area contributed by atoms with Crippen LogP contribution in [-0.2, 0) is 0 Å². The van der Waals surface area contributed by atoms with Crippen LogP contribution in [0.3, 0.4) is 0 Å². The van der Waals surface area contributed by atoms with Crippen molar-refractivity contribution in [2.24, 2.45) is 21.7 Å². The minimum absolute atomic E-state index is 0.0436. The molecule has 1 aromatic carbocycles. The molecule has 0 bridgehead atoms. The Hall–Kier alpha value is -2.30. The van der Waals surface area contributed by atoms with Crippen LogP contribution in [0, 0.1) is 0 Å². The van der Waals surface area contributed by atoms with Gasteiger partial charge in [0, 0.05) is 17.8 Å². The Morgan fingerprint density at radius 1 is 1.28 bits per heavy atom. The zero-order valence-electron chi connectivity index (χ0n) is 10.5. The van der Waals surface area contributed by atoms with Gasteiger partial charge in [0.1, 0.15) is 0 Å². The maximum atomic E-state index is 5.20. The summed E-state index contributed by atoms with van der Waals surface area (Å²) in [5.41, 5.74) is 12.6. The van der Waals surface area contributed by atoms with Gasteiger partial charge >= 0.3 is 0 Å². The van der Waals surface area contributed by atoms with Crippen molar-refractivity contribution >= 4 is 23.1 Å². The summed E-state index contributed by atoms with van der Waals surface area (Å²) in [7, 11) is 0. The second kappa shape index (κ2) is 4.91. The monoisotopic (exact) mass is 243 g/mol. The van der Waals surface area contributed by atoms with Crippen LogP contribution in [0.5, 0.6) is 0 Å². The quantitative estimate of drug-likeness (QED) is 0.490. The van der Waals surface area contributed by atoms with Crippen molar-refractivity contribution in [3.63, 3.8) is 0 Å². The third kappa shape index (κ3) is 2.51. The lowest BCUT2D eigenvalue weighted by atomic mass is 10.2. The van der Waals surface area contributed by atoms with Crippen molar-refractivity contribution in [1.29, 1.82) is 0 Å². The molecule has 0 aliphatic rings. The minimum Gasteiger partial charge on any atom is -0.369 e. The average Bonchev–Trinajstić information content (AvgIpc) is 2.71. The van der Waals surface area contributed by atoms with Gasteiger partial charge in [0.25, 0.3) is 0 Å². The highest BCUT2D eigenvalue weighted by Gasteiger charge is 2.04. The van der Waals surface area contributed by atoms with Crippen LogP contribution in [0.2, 0.25) is 0 Å². The van der Waals surface area contributed by atoms with Gasteiger partial charge in [-0.25, -0.2) is 0 Å². The highest BCUT2D eigenvalue weighted by molar-refractivity contribution is 5.89. The van der Waals surface area contributed by atoms with E-state index in [1.165, 1.54) is 10.9 Å². The number of fused-ring (bicyclic) bond motifs is 1. The molecule has 5 nitrogen and oxygen atoms in total. The number of aromatic nitrogens is 1. The first-order chi connectivity index (χ1) is 8.58. The van der Waals surface area contributed by atoms with Gasteiger partial charge in [-0.3, -0.25) is 0 Å². The summed E-state index contributed by atoms with van der Waals surface area (Å²) in [6.07, 6.45) is 3.73. The molecule has 18 heavy (non-hydrogen) atoms. The van der Waals surface area contributed by atoms with Crippen LogP contribution in [0.15, 0.2) is 40.7 Å². The molecule has 0 aliphatic carbocycles. The number of guanidine groups is 1. The molecule has 0 spiro atoms. The molecule has 0 fully saturated rings. The second-order valence-corrected chi connectivity index (χ2v) is 4.40. The van der Waals surface area contributed by atoms with Crippen molar-refractivity contribution in [1.82, 2.24) is 4.57 Å². The maximum absolute atomic E-state index is 5.20. The third-order valence-corrected chi connectivity index (χ3v) is 2.68. The summed E-state index contributed by atoms with van der Waals surface area (Å²) < 4.78 is 2.22. The fourth-order valence-corrected chi connectivity index (χ4v) is 1.86. The molecule has 0 saturated carbocycles. The highest BCUT2D eigenvalue weighted by Crippen LogP contribution is 2.20. The van der Waals surface area contributed by atoms with Gasteiger partial charge in [0.15, 0.2) is 0 Å². The van der Waals surface area contributed by atoms with Gasteiger partial charge in [-0.05, 0) is 36.9 Å². The number of hydrogen-bond acceptors (Lipinski definition) is 2. The molecule has 2 rings (SSSR count). The average molecular weight is 243 g/mol. The Kier molecular flexibility index (Phi) is 3.32. The molecule has 1 heterocycles. The molecule has 4 N–H and O–H groups in total. The Morgan fingerprint density at radius 3 is 2.72 bits per heavy atom. The summed E-state index contributed by atoms with van der Waals surface area (Å²) in [5, 5.41) is 8.60. The van der Waals surface area contributed by atoms with E-state index in [4.69, 9.17) is 11.5 Å². The Labute approximate surface area is 106 Å². The smallest absolute Gasteiger partial charge is 0.211 e. The van der Waals surface area contributed by atoms with Crippen molar-refractivity contribution in [2.75, 3.05) is 0 Å². The van der Waals surface area contributed by atoms with E-state index >= 15 is 0 Å². The Bertz CT molecular complexity index is 603. The van der Waals surface area contributed by atoms with Crippen molar-refractivity contribution < 1.29 is 0 Å². The summed E-state index contributed by atoms with van der Waals surface area (Å²) >= 11 is 0. The topological polar surface area (TPSA) is 81.7 Å². The summed E-state index contributed by atoms with van der Waals surface area (Å²) in [4.78, 5) is 0. The van der Waals surface area contributed by atoms with Crippen molar-refractivity contribution in [3.8, 4) is 0 Å². The van der Waals surface area contributed by atoms with Gasteiger partial charge in [0.2, 0.25) is 5.96 Å². The zero-order valence-corrected chi connectivity index (χ0v) is 10.5. The predicted molar refractivity (Wildman–Crippen MR) is 75.7 cm³/mol. The molecule has 0 aliphatic heterocycles. The molecule has 0 radical (unpaired) electrons. The first-order valence-electron chi connectivity index (χ1n) is 5.80. The third-order valence-electron chi connectivity index (χ3n) is 2.68. The van der Waals surface area contributed by atoms with Crippen LogP contribution in [-0.4, -0.2) is 16.7 Å². The minimum atomic E-state index is -0.0436. The maximum Gasteiger partial charge on any atom is 0.211 e. The summed E-state index contributed by atoms with van der Waals surface area (Å²) in [5.74, 6) is -0.0436. The molecular weight excluding hydrogens is 226 g/mol. The molecule has 0 amide bonds. The molecule has 5 heteroatoms. The van der Waals surface area contributed by atoms with E-state index in [0.29, 0.717) is 6.04 Å². The van der Waals surface area contributed by atoms with E-state index in [9.17, 15) is 0 Å². The SMILES string of the molecule is CC(C)n1ccc2ccc(C=NN=C(N)N)cc21. The van der Waals surface area contributed by atoms with Crippen molar-refractivity contribution in [2.45, 2.75) is 19.9 Å². The largest absolute Gasteiger partial charge is 0.369 e. The number of hydrogen-bond donors (Lipinski definition) is 2. The molecule has 0 atom stereocenters. The van der Waals surface area contributed by atoms with E-state index in [1.54, 1.807) is 6.21 Å². The number of benzene rings is 1. The Balaban J connectivity index is 2.39. The second-order valence-electron chi connectivity index (χ2n) is 4.40. The first kappa shape index (κ1) is 12.2. The Morgan fingerprint density at radius 2 is 2.06 bits per heavy atom. The molecule has 94 valence electrons. The molecule has 0 unspecified atom stereocenters. The van der Waals surface area contributed by atoms with E-state index in [0.717, 1.165) is 5.56 Å². The predicted octanol–water partition coefficient (Wildman–Crippen LogP) is 1.83. The summed E-state index contributed by atoms with van der Waals surface area (Å²) in [6.45, 7) is 4.30. The van der Waals surface area contributed by atoms with Gasteiger partial charge in [-0.2, -0.15) is 5.10 Å². The molecular formula is C13H17N5. The highest BCUT2D eigenvalue weighted by atomic mass is 15.3. The van der Waals surface area contributed by atoms with Crippen LogP contribution in [0.4, 0.5) is 0 Å². The van der Waals surface area contributed by atoms with Crippen LogP contribution < -0.4 is 11.5 Å². The van der Waals surface area contributed by atoms with E-state index in [1.807, 2.05) is 6.07 Å². The van der Waals surface area contributed by atoms with Crippen LogP contribution in [0.1, 0.15) is 25.5 Å². The standard InChI is InChI=1S/C13H17N5/c1-9(2)18-6-5-11-4-3-10(7-12(11)18)8-16-17-13(14)15/h3-9H,1-2H3,(H4,14,15,17). The zero-order chi connectivity index (χ0) is 13.1. The lowest BCUT2D eigenvalue weighted by Crippen LogP contribution is -2.21. The first-order valence-corrected chi connectivity index (χ1v) is 5.80. The van der Waals surface area contributed by atoms with Crippen LogP contribution >= 0.6 is 0 Å². The molecule has 0 saturated heterocycles. The van der Waals surface area contributed by atoms with E-state index in [-0.39, 0.29) is 5.96 Å². The lowest BCUT2D eigenvalue weighted by Gasteiger charge is -2.09. The van der Waals surface area contributed by atoms with Crippen LogP contribution in [0.25, 0.3) is 10.9 Å². The molecule has 1 aromatic heterocycles. The lowest BCUT2D eigenvalue weighted by molar-refractivity contribution is 0.623. The number of nitrogens with two attached hydrogens (primary N) is 2. The van der Waals surface area contributed by atoms with Gasteiger partial charge < -0.3 is 16.0 Å². The number of nitrogens with zero attached hydrogens (tertiary/aromatic N) is 3. The van der Waals surface area contributed by atoms with Gasteiger partial charge in [0.05, 0.1) is 6.21 Å². The van der Waals surface area contributed by atoms with Crippen molar-refractivity contribution in [3.05, 3.63) is 36.0 Å². The van der Waals surface area contributed by atoms with Gasteiger partial charge in [-0.1, -0.05) is 12.1 Å². The van der Waals surface area contributed by atoms with E-state index < -0.39 is 0 Å². The fourth-order valence-electron chi connectivity index (χ4n) is 1.86. The fraction of sp³-hybridized carbons (Fsp3) is 0.231.